The van der Waals surface area contributed by atoms with E-state index in [0.717, 1.165) is 53.7 Å². The normalized spacial score (nSPS) is 17.8. The summed E-state index contributed by atoms with van der Waals surface area (Å²) >= 11 is 0. The number of carboxylic acid groups (broad SMARTS) is 1. The predicted molar refractivity (Wildman–Crippen MR) is 106 cm³/mol. The molecule has 1 saturated heterocycles. The van der Waals surface area contributed by atoms with Crippen LogP contribution in [0.2, 0.25) is 0 Å². The molecule has 0 spiro atoms. The number of aryl methyl sites for hydroxylation is 1. The molecule has 0 bridgehead atoms. The minimum absolute atomic E-state index is 0.0361. The Kier molecular flexibility index (Phi) is 5.00. The van der Waals surface area contributed by atoms with Gasteiger partial charge in [-0.05, 0) is 55.5 Å². The number of hydrogen-bond acceptors (Lipinski definition) is 4. The van der Waals surface area contributed by atoms with Gasteiger partial charge in [0.25, 0.3) is 5.56 Å². The lowest BCUT2D eigenvalue weighted by Gasteiger charge is -2.31. The Bertz CT molecular complexity index is 1070. The van der Waals surface area contributed by atoms with Gasteiger partial charge in [-0.1, -0.05) is 12.1 Å². The Morgan fingerprint density at radius 2 is 2.18 bits per heavy atom. The number of nitrogens with one attached hydrogen (secondary N) is 1. The van der Waals surface area contributed by atoms with Crippen LogP contribution in [-0.2, 0) is 17.9 Å². The lowest BCUT2D eigenvalue weighted by molar-refractivity contribution is -0.137. The van der Waals surface area contributed by atoms with Gasteiger partial charge in [0.2, 0.25) is 0 Å². The number of fused-ring (bicyclic) bond motifs is 1. The second-order valence-corrected chi connectivity index (χ2v) is 7.62. The molecule has 1 aliphatic rings. The smallest absolute Gasteiger partial charge is 0.325 e. The summed E-state index contributed by atoms with van der Waals surface area (Å²) in [5.41, 5.74) is 3.65. The lowest BCUT2D eigenvalue weighted by atomic mass is 9.94. The van der Waals surface area contributed by atoms with E-state index in [1.165, 1.54) is 4.68 Å². The van der Waals surface area contributed by atoms with Crippen molar-refractivity contribution in [1.29, 1.82) is 0 Å². The average Bonchev–Trinajstić information content (AvgIpc) is 3.10. The number of pyridine rings is 1. The first-order valence-corrected chi connectivity index (χ1v) is 9.58. The average molecular weight is 380 g/mol. The molecule has 7 nitrogen and oxygen atoms in total. The van der Waals surface area contributed by atoms with Crippen LogP contribution in [0.15, 0.2) is 41.3 Å². The zero-order valence-corrected chi connectivity index (χ0v) is 15.9. The zero-order valence-electron chi connectivity index (χ0n) is 15.9. The number of carbonyl (C=O) groups is 1. The van der Waals surface area contributed by atoms with Gasteiger partial charge in [-0.3, -0.25) is 19.2 Å². The highest BCUT2D eigenvalue weighted by Crippen LogP contribution is 2.26. The van der Waals surface area contributed by atoms with Gasteiger partial charge >= 0.3 is 5.97 Å². The van der Waals surface area contributed by atoms with Crippen molar-refractivity contribution in [2.75, 3.05) is 13.1 Å². The SMILES string of the molecule is Cc1ccc2cc(CN3CCC[C@@H](c4ccn(CC(=O)O)n4)C3)c(=O)[nH]c2c1. The number of nitrogens with zero attached hydrogens (tertiary/aromatic N) is 3. The molecule has 1 aromatic carbocycles. The first kappa shape index (κ1) is 18.4. The Morgan fingerprint density at radius 3 is 3.00 bits per heavy atom. The highest BCUT2D eigenvalue weighted by molar-refractivity contribution is 5.79. The number of hydrogen-bond donors (Lipinski definition) is 2. The Labute approximate surface area is 162 Å². The highest BCUT2D eigenvalue weighted by Gasteiger charge is 2.24. The lowest BCUT2D eigenvalue weighted by Crippen LogP contribution is -2.35. The molecule has 0 radical (unpaired) electrons. The van der Waals surface area contributed by atoms with E-state index in [-0.39, 0.29) is 18.0 Å². The standard InChI is InChI=1S/C21H24N4O3/c1-14-4-5-15-10-17(21(28)22-19(15)9-14)12-24-7-2-3-16(11-24)18-6-8-25(23-18)13-20(26)27/h4-6,8-10,16H,2-3,7,11-13H2,1H3,(H,22,28)(H,26,27)/t16-/m1/s1. The molecule has 3 heterocycles. The largest absolute Gasteiger partial charge is 0.480 e. The molecule has 28 heavy (non-hydrogen) atoms. The van der Waals surface area contributed by atoms with E-state index in [2.05, 4.69) is 21.0 Å². The number of rotatable bonds is 5. The molecule has 0 aliphatic carbocycles. The van der Waals surface area contributed by atoms with Gasteiger partial charge < -0.3 is 10.1 Å². The van der Waals surface area contributed by atoms with Gasteiger partial charge in [0.15, 0.2) is 0 Å². The molecule has 1 fully saturated rings. The molecule has 146 valence electrons. The number of benzene rings is 1. The predicted octanol–water partition coefficient (Wildman–Crippen LogP) is 2.50. The second kappa shape index (κ2) is 7.59. The van der Waals surface area contributed by atoms with Crippen molar-refractivity contribution in [3.05, 3.63) is 63.7 Å². The van der Waals surface area contributed by atoms with Crippen molar-refractivity contribution in [3.63, 3.8) is 0 Å². The van der Waals surface area contributed by atoms with Crippen molar-refractivity contribution in [1.82, 2.24) is 19.7 Å². The van der Waals surface area contributed by atoms with E-state index in [1.54, 1.807) is 6.20 Å². The molecule has 3 aromatic rings. The first-order valence-electron chi connectivity index (χ1n) is 9.58. The van der Waals surface area contributed by atoms with Gasteiger partial charge in [-0.15, -0.1) is 0 Å². The Balaban J connectivity index is 1.49. The number of piperidine rings is 1. The summed E-state index contributed by atoms with van der Waals surface area (Å²) in [4.78, 5) is 28.7. The molecule has 4 rings (SSSR count). The number of aliphatic carboxylic acids is 1. The number of H-pyrrole nitrogens is 1. The Hall–Kier alpha value is -2.93. The van der Waals surface area contributed by atoms with Crippen LogP contribution in [0.25, 0.3) is 10.9 Å². The molecular weight excluding hydrogens is 356 g/mol. The quantitative estimate of drug-likeness (QED) is 0.710. The summed E-state index contributed by atoms with van der Waals surface area (Å²) in [6.07, 6.45) is 3.77. The summed E-state index contributed by atoms with van der Waals surface area (Å²) < 4.78 is 1.46. The first-order chi connectivity index (χ1) is 13.5. The monoisotopic (exact) mass is 380 g/mol. The zero-order chi connectivity index (χ0) is 19.7. The van der Waals surface area contributed by atoms with Crippen molar-refractivity contribution in [2.24, 2.45) is 0 Å². The number of likely N-dealkylation sites (tertiary alicyclic amines) is 1. The topological polar surface area (TPSA) is 91.2 Å². The van der Waals surface area contributed by atoms with E-state index in [9.17, 15) is 9.59 Å². The summed E-state index contributed by atoms with van der Waals surface area (Å²) in [7, 11) is 0. The van der Waals surface area contributed by atoms with Crippen molar-refractivity contribution in [2.45, 2.75) is 38.8 Å². The molecule has 7 heteroatoms. The number of aromatic amines is 1. The van der Waals surface area contributed by atoms with Crippen LogP contribution in [0.3, 0.4) is 0 Å². The fourth-order valence-corrected chi connectivity index (χ4v) is 3.98. The summed E-state index contributed by atoms with van der Waals surface area (Å²) in [5, 5.41) is 14.4. The maximum absolute atomic E-state index is 12.5. The molecule has 2 aromatic heterocycles. The van der Waals surface area contributed by atoms with E-state index in [0.29, 0.717) is 6.54 Å². The van der Waals surface area contributed by atoms with Gasteiger partial charge in [-0.25, -0.2) is 0 Å². The fraction of sp³-hybridized carbons (Fsp3) is 0.381. The van der Waals surface area contributed by atoms with Crippen molar-refractivity contribution >= 4 is 16.9 Å². The van der Waals surface area contributed by atoms with E-state index in [1.807, 2.05) is 31.2 Å². The van der Waals surface area contributed by atoms with Crippen molar-refractivity contribution < 1.29 is 9.90 Å². The van der Waals surface area contributed by atoms with Crippen LogP contribution < -0.4 is 5.56 Å². The van der Waals surface area contributed by atoms with Gasteiger partial charge in [0, 0.05) is 36.3 Å². The van der Waals surface area contributed by atoms with Gasteiger partial charge in [0.05, 0.1) is 5.69 Å². The van der Waals surface area contributed by atoms with Crippen LogP contribution in [0.1, 0.15) is 35.6 Å². The van der Waals surface area contributed by atoms with E-state index < -0.39 is 5.97 Å². The Morgan fingerprint density at radius 1 is 1.32 bits per heavy atom. The van der Waals surface area contributed by atoms with E-state index in [4.69, 9.17) is 5.11 Å². The molecule has 1 atom stereocenters. The maximum Gasteiger partial charge on any atom is 0.325 e. The van der Waals surface area contributed by atoms with Crippen molar-refractivity contribution in [3.8, 4) is 0 Å². The molecular formula is C21H24N4O3. The number of carboxylic acids is 1. The minimum Gasteiger partial charge on any atom is -0.480 e. The van der Waals surface area contributed by atoms with Crippen LogP contribution >= 0.6 is 0 Å². The third-order valence-corrected chi connectivity index (χ3v) is 5.35. The van der Waals surface area contributed by atoms with Crippen LogP contribution in [0.4, 0.5) is 0 Å². The summed E-state index contributed by atoms with van der Waals surface area (Å²) in [5.74, 6) is -0.642. The summed E-state index contributed by atoms with van der Waals surface area (Å²) in [6.45, 7) is 4.25. The highest BCUT2D eigenvalue weighted by atomic mass is 16.4. The minimum atomic E-state index is -0.898. The molecule has 0 saturated carbocycles. The van der Waals surface area contributed by atoms with Crippen LogP contribution in [-0.4, -0.2) is 43.8 Å². The van der Waals surface area contributed by atoms with E-state index >= 15 is 0 Å². The maximum atomic E-state index is 12.5. The number of aromatic nitrogens is 3. The second-order valence-electron chi connectivity index (χ2n) is 7.62. The van der Waals surface area contributed by atoms with Crippen LogP contribution in [0.5, 0.6) is 0 Å². The molecule has 2 N–H and O–H groups in total. The molecule has 1 aliphatic heterocycles. The third kappa shape index (κ3) is 3.99. The summed E-state index contributed by atoms with van der Waals surface area (Å²) in [6, 6.07) is 9.97. The van der Waals surface area contributed by atoms with Crippen LogP contribution in [0, 0.1) is 6.92 Å². The third-order valence-electron chi connectivity index (χ3n) is 5.35. The van der Waals surface area contributed by atoms with Gasteiger partial charge in [-0.2, -0.15) is 5.10 Å². The molecule has 0 unspecified atom stereocenters. The fourth-order valence-electron chi connectivity index (χ4n) is 3.98. The van der Waals surface area contributed by atoms with Gasteiger partial charge in [0.1, 0.15) is 6.54 Å². The molecule has 0 amide bonds.